The van der Waals surface area contributed by atoms with Crippen LogP contribution in [-0.4, -0.2) is 14.7 Å². The Bertz CT molecular complexity index is 1040. The Morgan fingerprint density at radius 3 is 2.12 bits per heavy atom. The first-order valence-electron chi connectivity index (χ1n) is 7.24. The molecular weight excluding hydrogens is 356 g/mol. The molecule has 0 atom stereocenters. The van der Waals surface area contributed by atoms with E-state index < -0.39 is 38.0 Å². The lowest BCUT2D eigenvalue weighted by atomic mass is 9.94. The molecule has 1 aliphatic carbocycles. The predicted octanol–water partition coefficient (Wildman–Crippen LogP) is 4.52. The number of rotatable bonds is 3. The number of benzene rings is 2. The number of hydrogen-bond acceptors (Lipinski definition) is 2. The number of allylic oxidation sites excluding steroid dienone is 4. The molecule has 0 unspecified atom stereocenters. The van der Waals surface area contributed by atoms with Crippen molar-refractivity contribution in [3.8, 4) is 0 Å². The molecule has 3 rings (SSSR count). The third kappa shape index (κ3) is 3.24. The fraction of sp³-hybridized carbons (Fsp3) is 0.111. The molecule has 0 spiro atoms. The average molecular weight is 368 g/mol. The first-order valence-corrected chi connectivity index (χ1v) is 9.13. The minimum atomic E-state index is -3.91. The summed E-state index contributed by atoms with van der Waals surface area (Å²) in [5.41, 5.74) is 0.889. The summed E-state index contributed by atoms with van der Waals surface area (Å²) in [6, 6.07) is 4.69. The van der Waals surface area contributed by atoms with Crippen molar-refractivity contribution in [1.29, 1.82) is 0 Å². The van der Waals surface area contributed by atoms with E-state index in [0.29, 0.717) is 29.2 Å². The lowest BCUT2D eigenvalue weighted by Gasteiger charge is -2.12. The number of sulfone groups is 1. The lowest BCUT2D eigenvalue weighted by molar-refractivity contribution is 0.508. The van der Waals surface area contributed by atoms with Crippen molar-refractivity contribution in [3.63, 3.8) is 0 Å². The van der Waals surface area contributed by atoms with Crippen LogP contribution in [0, 0.1) is 23.3 Å². The fourth-order valence-electron chi connectivity index (χ4n) is 2.73. The van der Waals surface area contributed by atoms with E-state index in [2.05, 4.69) is 0 Å². The molecule has 0 amide bonds. The largest absolute Gasteiger partial charge is 0.224 e. The second-order valence-electron chi connectivity index (χ2n) is 5.63. The van der Waals surface area contributed by atoms with Gasteiger partial charge in [-0.05, 0) is 47.4 Å². The molecule has 0 N–H and O–H groups in total. The van der Waals surface area contributed by atoms with Crippen molar-refractivity contribution in [1.82, 2.24) is 0 Å². The van der Waals surface area contributed by atoms with Crippen LogP contribution >= 0.6 is 0 Å². The van der Waals surface area contributed by atoms with Crippen LogP contribution in [0.15, 0.2) is 47.4 Å². The molecule has 0 saturated carbocycles. The van der Waals surface area contributed by atoms with Gasteiger partial charge in [0.2, 0.25) is 0 Å². The zero-order chi connectivity index (χ0) is 18.4. The average Bonchev–Trinajstić information content (AvgIpc) is 3.00. The van der Waals surface area contributed by atoms with Gasteiger partial charge in [-0.3, -0.25) is 0 Å². The zero-order valence-corrected chi connectivity index (χ0v) is 13.8. The zero-order valence-electron chi connectivity index (χ0n) is 13.0. The van der Waals surface area contributed by atoms with Gasteiger partial charge in [0.25, 0.3) is 0 Å². The van der Waals surface area contributed by atoms with E-state index in [0.717, 1.165) is 24.5 Å². The summed E-state index contributed by atoms with van der Waals surface area (Å²) in [6.45, 7) is 0. The highest BCUT2D eigenvalue weighted by Crippen LogP contribution is 2.38. The molecule has 0 aromatic heterocycles. The predicted molar refractivity (Wildman–Crippen MR) is 86.4 cm³/mol. The van der Waals surface area contributed by atoms with Gasteiger partial charge in [0.05, 0.1) is 0 Å². The summed E-state index contributed by atoms with van der Waals surface area (Å²) >= 11 is 0. The van der Waals surface area contributed by atoms with Gasteiger partial charge in [0, 0.05) is 11.8 Å². The minimum Gasteiger partial charge on any atom is -0.224 e. The molecule has 2 nitrogen and oxygen atoms in total. The van der Waals surface area contributed by atoms with Crippen LogP contribution in [0.3, 0.4) is 0 Å². The SMILES string of the molecule is CS(=O)(=O)c1cc(F)c(C2=CCC=C2c2ccc(F)c(F)c2)cc1F. The molecule has 0 aliphatic heterocycles. The number of hydrogen-bond donors (Lipinski definition) is 0. The summed E-state index contributed by atoms with van der Waals surface area (Å²) in [4.78, 5) is -0.731. The van der Waals surface area contributed by atoms with Gasteiger partial charge in [0.1, 0.15) is 16.5 Å². The topological polar surface area (TPSA) is 34.1 Å². The molecule has 7 heteroatoms. The highest BCUT2D eigenvalue weighted by molar-refractivity contribution is 7.90. The van der Waals surface area contributed by atoms with Gasteiger partial charge in [-0.25, -0.2) is 26.0 Å². The minimum absolute atomic E-state index is 0.140. The molecule has 130 valence electrons. The van der Waals surface area contributed by atoms with Gasteiger partial charge >= 0.3 is 0 Å². The van der Waals surface area contributed by atoms with Gasteiger partial charge < -0.3 is 0 Å². The third-order valence-corrected chi connectivity index (χ3v) is 4.99. The normalized spacial score (nSPS) is 14.4. The van der Waals surface area contributed by atoms with Crippen molar-refractivity contribution in [3.05, 3.63) is 76.9 Å². The summed E-state index contributed by atoms with van der Waals surface area (Å²) in [6.07, 6.45) is 4.46. The Hall–Kier alpha value is -2.41. The molecule has 1 aliphatic rings. The van der Waals surface area contributed by atoms with Crippen molar-refractivity contribution < 1.29 is 26.0 Å². The molecule has 2 aromatic carbocycles. The van der Waals surface area contributed by atoms with E-state index in [9.17, 15) is 26.0 Å². The van der Waals surface area contributed by atoms with Crippen molar-refractivity contribution in [2.75, 3.05) is 6.26 Å². The second kappa shape index (κ2) is 6.15. The molecule has 25 heavy (non-hydrogen) atoms. The van der Waals surface area contributed by atoms with Gasteiger partial charge in [0.15, 0.2) is 21.5 Å². The van der Waals surface area contributed by atoms with Crippen molar-refractivity contribution >= 4 is 21.0 Å². The molecule has 2 aromatic rings. The van der Waals surface area contributed by atoms with E-state index in [-0.39, 0.29) is 5.56 Å². The smallest absolute Gasteiger partial charge is 0.178 e. The maximum absolute atomic E-state index is 14.4. The van der Waals surface area contributed by atoms with E-state index in [1.807, 2.05) is 0 Å². The summed E-state index contributed by atoms with van der Waals surface area (Å²) in [7, 11) is -3.91. The van der Waals surface area contributed by atoms with Crippen molar-refractivity contribution in [2.24, 2.45) is 0 Å². The van der Waals surface area contributed by atoms with Crippen LogP contribution in [0.5, 0.6) is 0 Å². The molecule has 0 saturated heterocycles. The highest BCUT2D eigenvalue weighted by atomic mass is 32.2. The van der Waals surface area contributed by atoms with E-state index in [4.69, 9.17) is 0 Å². The molecule has 0 radical (unpaired) electrons. The van der Waals surface area contributed by atoms with Crippen LogP contribution in [0.4, 0.5) is 17.6 Å². The van der Waals surface area contributed by atoms with Crippen LogP contribution in [0.1, 0.15) is 17.5 Å². The summed E-state index contributed by atoms with van der Waals surface area (Å²) in [5.74, 6) is -4.05. The van der Waals surface area contributed by atoms with Gasteiger partial charge in [-0.2, -0.15) is 0 Å². The van der Waals surface area contributed by atoms with E-state index >= 15 is 0 Å². The Morgan fingerprint density at radius 1 is 0.800 bits per heavy atom. The maximum atomic E-state index is 14.4. The standard InChI is InChI=1S/C18H12F4O2S/c1-25(23,24)18-9-15(20)13(8-17(18)22)12-4-2-3-11(12)10-5-6-14(19)16(21)7-10/h3-9H,2H2,1H3. The molecular formula is C18H12F4O2S. The maximum Gasteiger partial charge on any atom is 0.178 e. The Labute approximate surface area is 142 Å². The van der Waals surface area contributed by atoms with Gasteiger partial charge in [-0.15, -0.1) is 0 Å². The highest BCUT2D eigenvalue weighted by Gasteiger charge is 2.23. The lowest BCUT2D eigenvalue weighted by Crippen LogP contribution is -2.04. The Balaban J connectivity index is 2.09. The van der Waals surface area contributed by atoms with Crippen LogP contribution in [0.2, 0.25) is 0 Å². The quantitative estimate of drug-likeness (QED) is 0.747. The van der Waals surface area contributed by atoms with E-state index in [1.165, 1.54) is 6.07 Å². The fourth-order valence-corrected chi connectivity index (χ4v) is 3.46. The summed E-state index contributed by atoms with van der Waals surface area (Å²) < 4.78 is 78.1. The number of halogens is 4. The van der Waals surface area contributed by atoms with Crippen molar-refractivity contribution in [2.45, 2.75) is 11.3 Å². The molecule has 0 bridgehead atoms. The summed E-state index contributed by atoms with van der Waals surface area (Å²) in [5, 5.41) is 0. The van der Waals surface area contributed by atoms with E-state index in [1.54, 1.807) is 12.2 Å². The third-order valence-electron chi connectivity index (χ3n) is 3.88. The van der Waals surface area contributed by atoms with Crippen LogP contribution in [-0.2, 0) is 9.84 Å². The Morgan fingerprint density at radius 2 is 1.48 bits per heavy atom. The van der Waals surface area contributed by atoms with Gasteiger partial charge in [-0.1, -0.05) is 18.2 Å². The first-order chi connectivity index (χ1) is 11.7. The Kier molecular flexibility index (Phi) is 4.28. The molecule has 0 heterocycles. The first kappa shape index (κ1) is 17.4. The second-order valence-corrected chi connectivity index (χ2v) is 7.62. The van der Waals surface area contributed by atoms with Crippen LogP contribution in [0.25, 0.3) is 11.1 Å². The molecule has 0 fully saturated rings. The van der Waals surface area contributed by atoms with Crippen LogP contribution < -0.4 is 0 Å². The monoisotopic (exact) mass is 368 g/mol.